The fourth-order valence-corrected chi connectivity index (χ4v) is 1.93. The van der Waals surface area contributed by atoms with Gasteiger partial charge in [0.25, 0.3) is 5.91 Å². The number of aliphatic hydroxyl groups is 1. The molecule has 0 spiro atoms. The maximum Gasteiger partial charge on any atom is 0.260 e. The Bertz CT molecular complexity index is 451. The molecule has 1 amide bonds. The number of nitrogens with one attached hydrogen (secondary N) is 1. The molecular weight excluding hydrogens is 278 g/mol. The van der Waals surface area contributed by atoms with E-state index in [2.05, 4.69) is 5.32 Å². The molecule has 1 aromatic rings. The van der Waals surface area contributed by atoms with E-state index in [0.29, 0.717) is 30.2 Å². The Morgan fingerprint density at radius 1 is 1.50 bits per heavy atom. The monoisotopic (exact) mass is 299 g/mol. The molecule has 5 heteroatoms. The summed E-state index contributed by atoms with van der Waals surface area (Å²) in [5, 5.41) is 12.8. The summed E-state index contributed by atoms with van der Waals surface area (Å²) >= 11 is 5.87. The first-order chi connectivity index (χ1) is 9.43. The summed E-state index contributed by atoms with van der Waals surface area (Å²) < 4.78 is 5.61. The van der Waals surface area contributed by atoms with E-state index in [4.69, 9.17) is 16.3 Å². The molecule has 0 aromatic heterocycles. The van der Waals surface area contributed by atoms with Crippen LogP contribution in [0.3, 0.4) is 0 Å². The molecule has 0 bridgehead atoms. The van der Waals surface area contributed by atoms with Crippen LogP contribution in [0.5, 0.6) is 5.75 Å². The highest BCUT2D eigenvalue weighted by molar-refractivity contribution is 6.30. The number of ether oxygens (including phenoxy) is 1. The first kappa shape index (κ1) is 16.8. The van der Waals surface area contributed by atoms with Crippen molar-refractivity contribution in [1.29, 1.82) is 0 Å². The lowest BCUT2D eigenvalue weighted by molar-refractivity contribution is -0.127. The average molecular weight is 300 g/mol. The van der Waals surface area contributed by atoms with Gasteiger partial charge in [0.1, 0.15) is 5.75 Å². The van der Waals surface area contributed by atoms with Gasteiger partial charge in [-0.15, -0.1) is 0 Å². The van der Waals surface area contributed by atoms with Gasteiger partial charge in [0.15, 0.2) is 6.10 Å². The summed E-state index contributed by atoms with van der Waals surface area (Å²) in [6.45, 7) is 5.92. The summed E-state index contributed by atoms with van der Waals surface area (Å²) in [6, 6.07) is 5.27. The van der Waals surface area contributed by atoms with E-state index in [-0.39, 0.29) is 12.0 Å². The van der Waals surface area contributed by atoms with Gasteiger partial charge in [-0.1, -0.05) is 18.5 Å². The Morgan fingerprint density at radius 3 is 2.80 bits per heavy atom. The molecule has 0 aliphatic heterocycles. The van der Waals surface area contributed by atoms with Gasteiger partial charge in [-0.05, 0) is 50.5 Å². The van der Waals surface area contributed by atoms with Crippen LogP contribution in [0.25, 0.3) is 0 Å². The Balaban J connectivity index is 2.45. The number of halogens is 1. The molecule has 20 heavy (non-hydrogen) atoms. The number of aliphatic hydroxyl groups excluding tert-OH is 1. The molecule has 112 valence electrons. The SMILES string of the molecule is CCC(O)CCNC(=O)C(C)Oc1ccc(Cl)cc1C. The van der Waals surface area contributed by atoms with Crippen molar-refractivity contribution in [3.63, 3.8) is 0 Å². The topological polar surface area (TPSA) is 58.6 Å². The highest BCUT2D eigenvalue weighted by atomic mass is 35.5. The first-order valence-electron chi connectivity index (χ1n) is 6.82. The standard InChI is InChI=1S/C15H22ClNO3/c1-4-13(18)7-8-17-15(19)11(3)20-14-6-5-12(16)9-10(14)2/h5-6,9,11,13,18H,4,7-8H2,1-3H3,(H,17,19). The van der Waals surface area contributed by atoms with Crippen molar-refractivity contribution < 1.29 is 14.6 Å². The number of carbonyl (C=O) groups is 1. The van der Waals surface area contributed by atoms with Crippen LogP contribution in [0.4, 0.5) is 0 Å². The molecule has 2 atom stereocenters. The number of rotatable bonds is 7. The zero-order valence-corrected chi connectivity index (χ0v) is 12.9. The number of carbonyl (C=O) groups excluding carboxylic acids is 1. The molecule has 1 rings (SSSR count). The highest BCUT2D eigenvalue weighted by Crippen LogP contribution is 2.22. The molecule has 0 aliphatic carbocycles. The third kappa shape index (κ3) is 5.39. The summed E-state index contributed by atoms with van der Waals surface area (Å²) in [5.74, 6) is 0.452. The second-order valence-corrected chi connectivity index (χ2v) is 5.25. The summed E-state index contributed by atoms with van der Waals surface area (Å²) in [6.07, 6.45) is 0.277. The second kappa shape index (κ2) is 8.12. The van der Waals surface area contributed by atoms with Crippen molar-refractivity contribution in [2.24, 2.45) is 0 Å². The van der Waals surface area contributed by atoms with Gasteiger partial charge < -0.3 is 15.2 Å². The van der Waals surface area contributed by atoms with Crippen LogP contribution in [0.15, 0.2) is 18.2 Å². The normalized spacial score (nSPS) is 13.7. The minimum Gasteiger partial charge on any atom is -0.481 e. The molecule has 0 radical (unpaired) electrons. The van der Waals surface area contributed by atoms with Crippen molar-refractivity contribution in [2.45, 2.75) is 45.8 Å². The third-order valence-electron chi connectivity index (χ3n) is 3.06. The molecular formula is C15H22ClNO3. The average Bonchev–Trinajstić information content (AvgIpc) is 2.41. The molecule has 0 saturated heterocycles. The lowest BCUT2D eigenvalue weighted by Gasteiger charge is -2.17. The van der Waals surface area contributed by atoms with Crippen LogP contribution in [-0.2, 0) is 4.79 Å². The Kier molecular flexibility index (Phi) is 6.82. The van der Waals surface area contributed by atoms with Crippen LogP contribution in [0.1, 0.15) is 32.3 Å². The van der Waals surface area contributed by atoms with Gasteiger partial charge in [0, 0.05) is 11.6 Å². The molecule has 4 nitrogen and oxygen atoms in total. The van der Waals surface area contributed by atoms with Crippen molar-refractivity contribution >= 4 is 17.5 Å². The molecule has 0 saturated carbocycles. The van der Waals surface area contributed by atoms with Crippen LogP contribution >= 0.6 is 11.6 Å². The molecule has 2 N–H and O–H groups in total. The predicted molar refractivity (Wildman–Crippen MR) is 80.2 cm³/mol. The number of amides is 1. The fourth-order valence-electron chi connectivity index (χ4n) is 1.70. The van der Waals surface area contributed by atoms with E-state index < -0.39 is 6.10 Å². The van der Waals surface area contributed by atoms with Gasteiger partial charge in [-0.25, -0.2) is 0 Å². The van der Waals surface area contributed by atoms with Crippen molar-refractivity contribution in [3.05, 3.63) is 28.8 Å². The van der Waals surface area contributed by atoms with Crippen molar-refractivity contribution in [3.8, 4) is 5.75 Å². The van der Waals surface area contributed by atoms with Crippen LogP contribution in [0.2, 0.25) is 5.02 Å². The lowest BCUT2D eigenvalue weighted by atomic mass is 10.2. The highest BCUT2D eigenvalue weighted by Gasteiger charge is 2.15. The number of hydrogen-bond acceptors (Lipinski definition) is 3. The summed E-state index contributed by atoms with van der Waals surface area (Å²) in [5.41, 5.74) is 0.888. The fraction of sp³-hybridized carbons (Fsp3) is 0.533. The molecule has 0 fully saturated rings. The predicted octanol–water partition coefficient (Wildman–Crippen LogP) is 2.69. The van der Waals surface area contributed by atoms with Gasteiger partial charge in [0.2, 0.25) is 0 Å². The second-order valence-electron chi connectivity index (χ2n) is 4.81. The van der Waals surface area contributed by atoms with E-state index >= 15 is 0 Å². The minimum atomic E-state index is -0.589. The van der Waals surface area contributed by atoms with Crippen LogP contribution in [0, 0.1) is 6.92 Å². The maximum atomic E-state index is 11.9. The summed E-state index contributed by atoms with van der Waals surface area (Å²) in [7, 11) is 0. The lowest BCUT2D eigenvalue weighted by Crippen LogP contribution is -2.37. The molecule has 0 aliphatic rings. The van der Waals surface area contributed by atoms with Gasteiger partial charge >= 0.3 is 0 Å². The van der Waals surface area contributed by atoms with E-state index in [9.17, 15) is 9.90 Å². The van der Waals surface area contributed by atoms with E-state index in [1.54, 1.807) is 25.1 Å². The van der Waals surface area contributed by atoms with Crippen molar-refractivity contribution in [1.82, 2.24) is 5.32 Å². The van der Waals surface area contributed by atoms with Crippen LogP contribution in [-0.4, -0.2) is 29.8 Å². The molecule has 2 unspecified atom stereocenters. The zero-order valence-electron chi connectivity index (χ0n) is 12.1. The number of hydrogen-bond donors (Lipinski definition) is 2. The van der Waals surface area contributed by atoms with Gasteiger partial charge in [-0.3, -0.25) is 4.79 Å². The zero-order chi connectivity index (χ0) is 15.1. The quantitative estimate of drug-likeness (QED) is 0.814. The first-order valence-corrected chi connectivity index (χ1v) is 7.20. The van der Waals surface area contributed by atoms with E-state index in [1.165, 1.54) is 0 Å². The smallest absolute Gasteiger partial charge is 0.260 e. The summed E-state index contributed by atoms with van der Waals surface area (Å²) in [4.78, 5) is 11.9. The van der Waals surface area contributed by atoms with Crippen molar-refractivity contribution in [2.75, 3.05) is 6.54 Å². The maximum absolute atomic E-state index is 11.9. The number of benzene rings is 1. The van der Waals surface area contributed by atoms with E-state index in [0.717, 1.165) is 5.56 Å². The Hall–Kier alpha value is -1.26. The van der Waals surface area contributed by atoms with Crippen LogP contribution < -0.4 is 10.1 Å². The Labute approximate surface area is 125 Å². The third-order valence-corrected chi connectivity index (χ3v) is 3.29. The van der Waals surface area contributed by atoms with Gasteiger partial charge in [0.05, 0.1) is 6.10 Å². The van der Waals surface area contributed by atoms with Gasteiger partial charge in [-0.2, -0.15) is 0 Å². The Morgan fingerprint density at radius 2 is 2.20 bits per heavy atom. The number of aryl methyl sites for hydroxylation is 1. The molecule has 0 heterocycles. The minimum absolute atomic E-state index is 0.192. The van der Waals surface area contributed by atoms with E-state index in [1.807, 2.05) is 13.8 Å². The largest absolute Gasteiger partial charge is 0.481 e. The molecule has 1 aromatic carbocycles.